The maximum Gasteiger partial charge on any atom is 0.253 e. The van der Waals surface area contributed by atoms with Crippen molar-refractivity contribution in [2.45, 2.75) is 27.3 Å². The zero-order valence-corrected chi connectivity index (χ0v) is 20.4. The highest BCUT2D eigenvalue weighted by Gasteiger charge is 2.17. The first-order valence-electron chi connectivity index (χ1n) is 11.4. The van der Waals surface area contributed by atoms with Gasteiger partial charge in [0, 0.05) is 42.9 Å². The summed E-state index contributed by atoms with van der Waals surface area (Å²) in [6.07, 6.45) is 0. The van der Waals surface area contributed by atoms with Crippen LogP contribution >= 0.6 is 12.2 Å². The van der Waals surface area contributed by atoms with Gasteiger partial charge in [0.1, 0.15) is 0 Å². The second-order valence-corrected chi connectivity index (χ2v) is 9.23. The molecule has 1 aliphatic rings. The molecular weight excluding hydrogens is 432 g/mol. The minimum Gasteiger partial charge on any atom is -0.379 e. The lowest BCUT2D eigenvalue weighted by atomic mass is 10.1. The van der Waals surface area contributed by atoms with Gasteiger partial charge in [-0.05, 0) is 67.7 Å². The molecule has 1 fully saturated rings. The van der Waals surface area contributed by atoms with Crippen molar-refractivity contribution in [2.75, 3.05) is 44.7 Å². The zero-order chi connectivity index (χ0) is 23.4. The van der Waals surface area contributed by atoms with Crippen LogP contribution in [0.5, 0.6) is 0 Å². The number of nitrogens with one attached hydrogen (secondary N) is 2. The Hall–Kier alpha value is -2.74. The first-order chi connectivity index (χ1) is 15.9. The molecule has 0 unspecified atom stereocenters. The van der Waals surface area contributed by atoms with Gasteiger partial charge in [-0.3, -0.25) is 9.69 Å². The van der Waals surface area contributed by atoms with E-state index in [1.54, 1.807) is 0 Å². The molecule has 6 nitrogen and oxygen atoms in total. The number of benzene rings is 2. The third kappa shape index (κ3) is 5.99. The maximum atomic E-state index is 12.9. The number of aromatic nitrogens is 1. The molecule has 1 aromatic heterocycles. The van der Waals surface area contributed by atoms with Crippen LogP contribution in [0, 0.1) is 20.8 Å². The summed E-state index contributed by atoms with van der Waals surface area (Å²) in [7, 11) is 0. The molecule has 1 saturated heterocycles. The second-order valence-electron chi connectivity index (χ2n) is 8.84. The topological polar surface area (TPSA) is 60.6 Å². The van der Waals surface area contributed by atoms with Gasteiger partial charge >= 0.3 is 0 Å². The molecule has 4 rings (SSSR count). The number of ether oxygens (including phenoxy) is 1. The van der Waals surface area contributed by atoms with E-state index in [2.05, 4.69) is 64.3 Å². The quantitative estimate of drug-likeness (QED) is 0.538. The lowest BCUT2D eigenvalue weighted by molar-refractivity contribution is 0.0358. The molecule has 0 aliphatic carbocycles. The number of aromatic amines is 1. The molecular formula is C26H32N4O2S. The van der Waals surface area contributed by atoms with Crippen LogP contribution < -0.4 is 10.9 Å². The number of thiocarbonyl (C=S) groups is 1. The Balaban J connectivity index is 1.56. The SMILES string of the molecule is Cc1ccc(NC(=S)N(CCN2CCOCC2)Cc2cc3ccc(C)cc3[nH]c2=O)c(C)c1. The number of fused-ring (bicyclic) bond motifs is 1. The number of nitrogens with zero attached hydrogens (tertiary/aromatic N) is 2. The van der Waals surface area contributed by atoms with Crippen LogP contribution in [-0.2, 0) is 11.3 Å². The fraction of sp³-hybridized carbons (Fsp3) is 0.385. The van der Waals surface area contributed by atoms with E-state index in [1.165, 1.54) is 5.56 Å². The van der Waals surface area contributed by atoms with Crippen LogP contribution in [0.1, 0.15) is 22.3 Å². The summed E-state index contributed by atoms with van der Waals surface area (Å²) in [5.41, 5.74) is 5.97. The van der Waals surface area contributed by atoms with Gasteiger partial charge in [-0.15, -0.1) is 0 Å². The number of rotatable bonds is 6. The van der Waals surface area contributed by atoms with E-state index in [-0.39, 0.29) is 5.56 Å². The van der Waals surface area contributed by atoms with Crippen molar-refractivity contribution in [3.63, 3.8) is 0 Å². The van der Waals surface area contributed by atoms with E-state index in [4.69, 9.17) is 17.0 Å². The molecule has 0 atom stereocenters. The highest BCUT2D eigenvalue weighted by atomic mass is 32.1. The van der Waals surface area contributed by atoms with E-state index in [0.29, 0.717) is 17.2 Å². The molecule has 0 spiro atoms. The Kier molecular flexibility index (Phi) is 7.42. The van der Waals surface area contributed by atoms with Gasteiger partial charge in [-0.2, -0.15) is 0 Å². The van der Waals surface area contributed by atoms with Crippen molar-refractivity contribution in [3.05, 3.63) is 75.1 Å². The van der Waals surface area contributed by atoms with Crippen LogP contribution in [0.15, 0.2) is 47.3 Å². The number of hydrogen-bond acceptors (Lipinski definition) is 4. The van der Waals surface area contributed by atoms with Crippen molar-refractivity contribution in [1.29, 1.82) is 0 Å². The fourth-order valence-electron chi connectivity index (χ4n) is 4.17. The number of pyridine rings is 1. The standard InChI is InChI=1S/C26H32N4O2S/c1-18-5-7-23(20(3)14-18)28-26(33)30(9-8-29-10-12-32-13-11-29)17-22-16-21-6-4-19(2)15-24(21)27-25(22)31/h4-7,14-16H,8-13,17H2,1-3H3,(H,27,31)(H,28,33). The molecule has 3 aromatic rings. The van der Waals surface area contributed by atoms with Crippen LogP contribution in [0.3, 0.4) is 0 Å². The third-order valence-electron chi connectivity index (χ3n) is 6.14. The van der Waals surface area contributed by atoms with Crippen molar-refractivity contribution in [2.24, 2.45) is 0 Å². The van der Waals surface area contributed by atoms with Gasteiger partial charge in [-0.1, -0.05) is 29.8 Å². The third-order valence-corrected chi connectivity index (χ3v) is 6.50. The smallest absolute Gasteiger partial charge is 0.253 e. The molecule has 1 aliphatic heterocycles. The Morgan fingerprint density at radius 3 is 2.58 bits per heavy atom. The predicted octanol–water partition coefficient (Wildman–Crippen LogP) is 3.98. The van der Waals surface area contributed by atoms with Crippen LogP contribution in [0.2, 0.25) is 0 Å². The van der Waals surface area contributed by atoms with Gasteiger partial charge in [0.2, 0.25) is 0 Å². The molecule has 0 amide bonds. The average molecular weight is 465 g/mol. The number of hydrogen-bond donors (Lipinski definition) is 2. The summed E-state index contributed by atoms with van der Waals surface area (Å²) >= 11 is 5.83. The maximum absolute atomic E-state index is 12.9. The Morgan fingerprint density at radius 2 is 1.82 bits per heavy atom. The molecule has 0 radical (unpaired) electrons. The summed E-state index contributed by atoms with van der Waals surface area (Å²) in [5.74, 6) is 0. The lowest BCUT2D eigenvalue weighted by Gasteiger charge is -2.31. The Morgan fingerprint density at radius 1 is 1.09 bits per heavy atom. The van der Waals surface area contributed by atoms with E-state index in [0.717, 1.165) is 67.1 Å². The molecule has 2 heterocycles. The molecule has 174 valence electrons. The van der Waals surface area contributed by atoms with Gasteiger partial charge in [0.05, 0.1) is 19.8 Å². The first-order valence-corrected chi connectivity index (χ1v) is 11.9. The predicted molar refractivity (Wildman–Crippen MR) is 139 cm³/mol. The number of H-pyrrole nitrogens is 1. The Labute approximate surface area is 200 Å². The fourth-order valence-corrected chi connectivity index (χ4v) is 4.44. The number of anilines is 1. The lowest BCUT2D eigenvalue weighted by Crippen LogP contribution is -2.44. The van der Waals surface area contributed by atoms with Gasteiger partial charge in [0.15, 0.2) is 5.11 Å². The van der Waals surface area contributed by atoms with Crippen molar-refractivity contribution in [1.82, 2.24) is 14.8 Å². The summed E-state index contributed by atoms with van der Waals surface area (Å²) in [4.78, 5) is 20.4. The monoisotopic (exact) mass is 464 g/mol. The molecule has 2 N–H and O–H groups in total. The van der Waals surface area contributed by atoms with Crippen molar-refractivity contribution < 1.29 is 4.74 Å². The van der Waals surface area contributed by atoms with Crippen molar-refractivity contribution in [3.8, 4) is 0 Å². The van der Waals surface area contributed by atoms with Gasteiger partial charge < -0.3 is 19.9 Å². The second kappa shape index (κ2) is 10.5. The van der Waals surface area contributed by atoms with Gasteiger partial charge in [0.25, 0.3) is 5.56 Å². The van der Waals surface area contributed by atoms with E-state index < -0.39 is 0 Å². The highest BCUT2D eigenvalue weighted by molar-refractivity contribution is 7.80. The number of aryl methyl sites for hydroxylation is 3. The molecule has 2 aromatic carbocycles. The highest BCUT2D eigenvalue weighted by Crippen LogP contribution is 2.18. The minimum absolute atomic E-state index is 0.0706. The molecule has 0 bridgehead atoms. The minimum atomic E-state index is -0.0706. The summed E-state index contributed by atoms with van der Waals surface area (Å²) in [5, 5.41) is 5.06. The van der Waals surface area contributed by atoms with Gasteiger partial charge in [-0.25, -0.2) is 0 Å². The largest absolute Gasteiger partial charge is 0.379 e. The molecule has 0 saturated carbocycles. The average Bonchev–Trinajstić information content (AvgIpc) is 2.79. The van der Waals surface area contributed by atoms with Crippen LogP contribution in [0.25, 0.3) is 10.9 Å². The van der Waals surface area contributed by atoms with E-state index >= 15 is 0 Å². The molecule has 33 heavy (non-hydrogen) atoms. The normalized spacial score (nSPS) is 14.4. The Bertz CT molecular complexity index is 1200. The first kappa shape index (κ1) is 23.4. The number of morpholine rings is 1. The van der Waals surface area contributed by atoms with E-state index in [1.807, 2.05) is 19.1 Å². The summed E-state index contributed by atoms with van der Waals surface area (Å²) < 4.78 is 5.48. The summed E-state index contributed by atoms with van der Waals surface area (Å²) in [6.45, 7) is 11.6. The van der Waals surface area contributed by atoms with Crippen molar-refractivity contribution >= 4 is 33.9 Å². The summed E-state index contributed by atoms with van der Waals surface area (Å²) in [6, 6.07) is 14.4. The molecule has 7 heteroatoms. The van der Waals surface area contributed by atoms with E-state index in [9.17, 15) is 4.79 Å². The van der Waals surface area contributed by atoms with Crippen LogP contribution in [0.4, 0.5) is 5.69 Å². The van der Waals surface area contributed by atoms with Crippen LogP contribution in [-0.4, -0.2) is 59.3 Å². The zero-order valence-electron chi connectivity index (χ0n) is 19.6.